The first kappa shape index (κ1) is 30.7. The fraction of sp³-hybridized carbons (Fsp3) is 1.00. The van der Waals surface area contributed by atoms with E-state index in [1.54, 1.807) is 0 Å². The summed E-state index contributed by atoms with van der Waals surface area (Å²) < 4.78 is 19.9. The Labute approximate surface area is 232 Å². The summed E-state index contributed by atoms with van der Waals surface area (Å²) in [6.45, 7) is 11.9. The molecule has 0 aromatic rings. The summed E-state index contributed by atoms with van der Waals surface area (Å²) in [4.78, 5) is 0. The summed E-state index contributed by atoms with van der Waals surface area (Å²) in [5.74, 6) is 3.04. The van der Waals surface area contributed by atoms with E-state index in [0.717, 1.165) is 64.8 Å². The number of fused-ring (bicyclic) bond motifs is 5. The number of ether oxygens (including phenoxy) is 3. The molecule has 0 aromatic heterocycles. The van der Waals surface area contributed by atoms with Crippen molar-refractivity contribution in [1.29, 1.82) is 0 Å². The highest BCUT2D eigenvalue weighted by molar-refractivity contribution is 5.15. The molecule has 0 heterocycles. The fourth-order valence-electron chi connectivity index (χ4n) is 9.72. The molecular weight excluding hydrogens is 478 g/mol. The second-order valence-electron chi connectivity index (χ2n) is 13.6. The van der Waals surface area contributed by atoms with E-state index in [1.165, 1.54) is 19.3 Å². The highest BCUT2D eigenvalue weighted by Gasteiger charge is 2.66. The van der Waals surface area contributed by atoms with E-state index in [2.05, 4.69) is 20.8 Å². The first-order valence-corrected chi connectivity index (χ1v) is 15.9. The highest BCUT2D eigenvalue weighted by Crippen LogP contribution is 2.69. The molecule has 7 heteroatoms. The van der Waals surface area contributed by atoms with Gasteiger partial charge in [-0.3, -0.25) is 0 Å². The van der Waals surface area contributed by atoms with Gasteiger partial charge < -0.3 is 36.5 Å². The Bertz CT molecular complexity index is 727. The Kier molecular flexibility index (Phi) is 11.0. The van der Waals surface area contributed by atoms with Crippen LogP contribution in [0.2, 0.25) is 0 Å². The summed E-state index contributed by atoms with van der Waals surface area (Å²) in [5.41, 5.74) is 17.8. The first-order chi connectivity index (χ1) is 18.3. The second-order valence-corrected chi connectivity index (χ2v) is 13.6. The van der Waals surface area contributed by atoms with Crippen molar-refractivity contribution in [2.45, 2.75) is 103 Å². The van der Waals surface area contributed by atoms with Gasteiger partial charge in [-0.25, -0.2) is 0 Å². The van der Waals surface area contributed by atoms with Crippen LogP contribution in [0.3, 0.4) is 0 Å². The van der Waals surface area contributed by atoms with Crippen molar-refractivity contribution in [2.24, 2.45) is 63.5 Å². The van der Waals surface area contributed by atoms with Crippen molar-refractivity contribution < 1.29 is 19.3 Å². The number of rotatable bonds is 14. The summed E-state index contributed by atoms with van der Waals surface area (Å²) in [5, 5.41) is 10.2. The minimum atomic E-state index is 0.0547. The number of hydrogen-bond acceptors (Lipinski definition) is 7. The van der Waals surface area contributed by atoms with E-state index in [1.807, 2.05) is 0 Å². The Hall–Kier alpha value is -0.280. The molecule has 0 radical (unpaired) electrons. The lowest BCUT2D eigenvalue weighted by Crippen LogP contribution is -2.63. The first-order valence-electron chi connectivity index (χ1n) is 15.9. The van der Waals surface area contributed by atoms with E-state index >= 15 is 0 Å². The summed E-state index contributed by atoms with van der Waals surface area (Å²) >= 11 is 0. The number of nitrogens with two attached hydrogens (primary N) is 3. The van der Waals surface area contributed by atoms with E-state index in [0.29, 0.717) is 55.3 Å². The van der Waals surface area contributed by atoms with Crippen molar-refractivity contribution in [3.05, 3.63) is 0 Å². The lowest BCUT2D eigenvalue weighted by Gasteiger charge is -2.64. The third kappa shape index (κ3) is 5.86. The lowest BCUT2D eigenvalue weighted by molar-refractivity contribution is -0.228. The Balaban J connectivity index is 1.64. The van der Waals surface area contributed by atoms with Crippen LogP contribution in [0.25, 0.3) is 0 Å². The quantitative estimate of drug-likeness (QED) is 0.249. The molecule has 0 bridgehead atoms. The van der Waals surface area contributed by atoms with Gasteiger partial charge in [-0.15, -0.1) is 0 Å². The van der Waals surface area contributed by atoms with Gasteiger partial charge in [0.1, 0.15) is 0 Å². The van der Waals surface area contributed by atoms with Crippen molar-refractivity contribution >= 4 is 0 Å². The average molecular weight is 538 g/mol. The standard InChI is InChI=1S/C31H59N3O4/c1-21(20-35)24-7-8-25-29-26(19-28(31(24,25)3)38-16-6-13-34)30(2)10-9-23(36-14-4-11-32)17-22(30)18-27(29)37-15-5-12-33/h21-29,35H,4-20,32-34H2,1-3H3/t21-,22?,23-,24?,25+,26+,27-,28+,29?,30?,31?/m1/s1. The Morgan fingerprint density at radius 2 is 1.47 bits per heavy atom. The maximum atomic E-state index is 10.2. The van der Waals surface area contributed by atoms with E-state index in [-0.39, 0.29) is 35.6 Å². The van der Waals surface area contributed by atoms with Crippen molar-refractivity contribution in [3.63, 3.8) is 0 Å². The van der Waals surface area contributed by atoms with Crippen molar-refractivity contribution in [2.75, 3.05) is 46.1 Å². The summed E-state index contributed by atoms with van der Waals surface area (Å²) in [6.07, 6.45) is 11.7. The predicted molar refractivity (Wildman–Crippen MR) is 152 cm³/mol. The van der Waals surface area contributed by atoms with Gasteiger partial charge in [-0.1, -0.05) is 20.8 Å². The maximum absolute atomic E-state index is 10.2. The molecule has 0 aliphatic heterocycles. The van der Waals surface area contributed by atoms with Crippen LogP contribution in [0.1, 0.15) is 85.0 Å². The Morgan fingerprint density at radius 1 is 0.816 bits per heavy atom. The molecule has 0 spiro atoms. The van der Waals surface area contributed by atoms with E-state index in [9.17, 15) is 5.11 Å². The van der Waals surface area contributed by atoms with Crippen molar-refractivity contribution in [1.82, 2.24) is 0 Å². The monoisotopic (exact) mass is 537 g/mol. The smallest absolute Gasteiger partial charge is 0.0637 e. The molecule has 4 saturated carbocycles. The molecule has 0 aromatic carbocycles. The van der Waals surface area contributed by atoms with Crippen LogP contribution < -0.4 is 17.2 Å². The average Bonchev–Trinajstić information content (AvgIpc) is 3.27. The lowest BCUT2D eigenvalue weighted by atomic mass is 9.43. The number of aliphatic hydroxyl groups is 1. The van der Waals surface area contributed by atoms with Gasteiger partial charge in [-0.05, 0) is 125 Å². The van der Waals surface area contributed by atoms with E-state index in [4.69, 9.17) is 31.4 Å². The molecule has 38 heavy (non-hydrogen) atoms. The molecule has 0 saturated heterocycles. The van der Waals surface area contributed by atoms with Gasteiger partial charge in [0.15, 0.2) is 0 Å². The summed E-state index contributed by atoms with van der Waals surface area (Å²) in [6, 6.07) is 0. The molecule has 4 fully saturated rings. The van der Waals surface area contributed by atoms with Gasteiger partial charge in [0.25, 0.3) is 0 Å². The van der Waals surface area contributed by atoms with Crippen LogP contribution in [0.15, 0.2) is 0 Å². The number of hydrogen-bond donors (Lipinski definition) is 4. The number of aliphatic hydroxyl groups excluding tert-OH is 1. The molecule has 5 unspecified atom stereocenters. The second kappa shape index (κ2) is 13.6. The van der Waals surface area contributed by atoms with Crippen LogP contribution in [0.4, 0.5) is 0 Å². The molecule has 11 atom stereocenters. The molecular formula is C31H59N3O4. The van der Waals surface area contributed by atoms with E-state index < -0.39 is 0 Å². The summed E-state index contributed by atoms with van der Waals surface area (Å²) in [7, 11) is 0. The molecule has 7 N–H and O–H groups in total. The van der Waals surface area contributed by atoms with Gasteiger partial charge >= 0.3 is 0 Å². The zero-order valence-corrected chi connectivity index (χ0v) is 24.6. The van der Waals surface area contributed by atoms with Crippen LogP contribution in [0.5, 0.6) is 0 Å². The molecule has 4 aliphatic rings. The largest absolute Gasteiger partial charge is 0.396 e. The van der Waals surface area contributed by atoms with Gasteiger partial charge in [-0.2, -0.15) is 0 Å². The van der Waals surface area contributed by atoms with Crippen LogP contribution >= 0.6 is 0 Å². The predicted octanol–water partition coefficient (Wildman–Crippen LogP) is 3.70. The van der Waals surface area contributed by atoms with Gasteiger partial charge in [0.05, 0.1) is 18.3 Å². The molecule has 4 rings (SSSR count). The fourth-order valence-corrected chi connectivity index (χ4v) is 9.72. The third-order valence-electron chi connectivity index (χ3n) is 11.8. The minimum Gasteiger partial charge on any atom is -0.396 e. The normalized spacial score (nSPS) is 43.3. The van der Waals surface area contributed by atoms with Crippen LogP contribution in [-0.4, -0.2) is 69.5 Å². The zero-order valence-electron chi connectivity index (χ0n) is 24.6. The van der Waals surface area contributed by atoms with Crippen LogP contribution in [-0.2, 0) is 14.2 Å². The van der Waals surface area contributed by atoms with Gasteiger partial charge in [0.2, 0.25) is 0 Å². The molecule has 0 amide bonds. The Morgan fingerprint density at radius 3 is 2.13 bits per heavy atom. The minimum absolute atomic E-state index is 0.0547. The molecule has 7 nitrogen and oxygen atoms in total. The molecule has 4 aliphatic carbocycles. The molecule has 222 valence electrons. The topological polar surface area (TPSA) is 126 Å². The van der Waals surface area contributed by atoms with Crippen molar-refractivity contribution in [3.8, 4) is 0 Å². The van der Waals surface area contributed by atoms with Gasteiger partial charge in [0, 0.05) is 31.8 Å². The zero-order chi connectivity index (χ0) is 27.3. The SMILES string of the molecule is C[C@H](CO)C1CC[C@H]2C3[C@H](OCCCN)CC4C[C@H](OCCCN)CCC4(C)[C@H]3C[C@H](OCCCN)C12C. The third-order valence-corrected chi connectivity index (χ3v) is 11.8. The van der Waals surface area contributed by atoms with Crippen LogP contribution in [0, 0.1) is 46.3 Å². The maximum Gasteiger partial charge on any atom is 0.0637 e. The highest BCUT2D eigenvalue weighted by atomic mass is 16.5.